The van der Waals surface area contributed by atoms with Crippen molar-refractivity contribution in [3.05, 3.63) is 59.7 Å². The van der Waals surface area contributed by atoms with Crippen LogP contribution in [-0.2, 0) is 27.2 Å². The normalized spacial score (nSPS) is 16.6. The molecule has 0 aliphatic carbocycles. The van der Waals surface area contributed by atoms with Crippen LogP contribution in [0.25, 0.3) is 0 Å². The van der Waals surface area contributed by atoms with Gasteiger partial charge < -0.3 is 15.2 Å². The fourth-order valence-corrected chi connectivity index (χ4v) is 3.61. The van der Waals surface area contributed by atoms with Crippen LogP contribution in [0.5, 0.6) is 11.5 Å². The molecule has 1 fully saturated rings. The lowest BCUT2D eigenvalue weighted by Crippen LogP contribution is -2.33. The van der Waals surface area contributed by atoms with E-state index >= 15 is 0 Å². The summed E-state index contributed by atoms with van der Waals surface area (Å²) in [6.45, 7) is 0. The van der Waals surface area contributed by atoms with Crippen LogP contribution in [0.1, 0.15) is 11.1 Å². The lowest BCUT2D eigenvalue weighted by molar-refractivity contribution is -0.142. The van der Waals surface area contributed by atoms with Crippen molar-refractivity contribution in [3.63, 3.8) is 0 Å². The second-order valence-corrected chi connectivity index (χ2v) is 7.49. The Hall–Kier alpha value is -2.36. The van der Waals surface area contributed by atoms with Gasteiger partial charge in [0.15, 0.2) is 0 Å². The molecule has 1 heterocycles. The molecule has 0 spiro atoms. The number of nitrogens with one attached hydrogen (secondary N) is 1. The Kier molecular flexibility index (Phi) is 8.24. The van der Waals surface area contributed by atoms with Crippen LogP contribution in [0.3, 0.4) is 0 Å². The summed E-state index contributed by atoms with van der Waals surface area (Å²) in [6.07, 6.45) is 0.870. The number of carbonyl (C=O) groups excluding carboxylic acids is 3. The first-order chi connectivity index (χ1) is 13.4. The van der Waals surface area contributed by atoms with Gasteiger partial charge in [0, 0.05) is 0 Å². The van der Waals surface area contributed by atoms with Crippen molar-refractivity contribution >= 4 is 45.9 Å². The van der Waals surface area contributed by atoms with E-state index in [4.69, 9.17) is 10.5 Å². The number of amides is 2. The zero-order valence-corrected chi connectivity index (χ0v) is 18.2. The number of methoxy groups -OCH3 is 1. The zero-order chi connectivity index (χ0) is 20.1. The number of hydrogen-bond donors (Lipinski definition) is 2. The number of benzene rings is 2. The highest BCUT2D eigenvalue weighted by Crippen LogP contribution is 2.26. The molecule has 9 heteroatoms. The Labute approximate surface area is 183 Å². The third-order valence-corrected chi connectivity index (χ3v) is 5.21. The topological polar surface area (TPSA) is 108 Å². The van der Waals surface area contributed by atoms with Gasteiger partial charge in [0.1, 0.15) is 17.5 Å². The standard InChI is InChI=1S/C20H20N2O5S.BrH/c1-26-19(24)16(21)10-12-2-6-14(7-3-12)27-15-8-4-13(5-9-15)11-17-18(23)22-20(25)28-17;/h2-9,16-17H,10-11,21H2,1H3,(H,22,23,25);1H/t16-,17?;/m0./s1. The van der Waals surface area contributed by atoms with E-state index in [-0.39, 0.29) is 33.4 Å². The van der Waals surface area contributed by atoms with Crippen LogP contribution in [0.15, 0.2) is 48.5 Å². The first-order valence-corrected chi connectivity index (χ1v) is 9.53. The summed E-state index contributed by atoms with van der Waals surface area (Å²) in [6, 6.07) is 14.0. The molecule has 7 nitrogen and oxygen atoms in total. The third kappa shape index (κ3) is 6.31. The van der Waals surface area contributed by atoms with Gasteiger partial charge in [-0.1, -0.05) is 36.0 Å². The maximum Gasteiger partial charge on any atom is 0.322 e. The Bertz CT molecular complexity index is 873. The van der Waals surface area contributed by atoms with E-state index in [0.717, 1.165) is 22.9 Å². The molecule has 2 aromatic rings. The second-order valence-electron chi connectivity index (χ2n) is 6.31. The summed E-state index contributed by atoms with van der Waals surface area (Å²) in [7, 11) is 1.31. The van der Waals surface area contributed by atoms with Crippen LogP contribution < -0.4 is 15.8 Å². The first-order valence-electron chi connectivity index (χ1n) is 8.65. The second kappa shape index (κ2) is 10.4. The minimum absolute atomic E-state index is 0. The molecule has 3 rings (SSSR count). The minimum atomic E-state index is -0.695. The number of imide groups is 1. The number of thioether (sulfide) groups is 1. The molecule has 0 radical (unpaired) electrons. The summed E-state index contributed by atoms with van der Waals surface area (Å²) in [4.78, 5) is 34.2. The molecule has 1 aliphatic heterocycles. The van der Waals surface area contributed by atoms with Crippen molar-refractivity contribution in [2.24, 2.45) is 5.73 Å². The molecule has 2 amide bonds. The van der Waals surface area contributed by atoms with E-state index in [1.165, 1.54) is 7.11 Å². The van der Waals surface area contributed by atoms with Crippen molar-refractivity contribution in [2.75, 3.05) is 7.11 Å². The highest BCUT2D eigenvalue weighted by molar-refractivity contribution is 8.93. The number of halogens is 1. The largest absolute Gasteiger partial charge is 0.468 e. The predicted octanol–water partition coefficient (Wildman–Crippen LogP) is 2.99. The Balaban J connectivity index is 0.00000300. The Morgan fingerprint density at radius 1 is 1.07 bits per heavy atom. The van der Waals surface area contributed by atoms with E-state index < -0.39 is 12.0 Å². The van der Waals surface area contributed by atoms with Gasteiger partial charge >= 0.3 is 5.97 Å². The van der Waals surface area contributed by atoms with Crippen molar-refractivity contribution in [1.29, 1.82) is 0 Å². The number of rotatable bonds is 7. The molecule has 0 bridgehead atoms. The van der Waals surface area contributed by atoms with Crippen molar-refractivity contribution in [2.45, 2.75) is 24.1 Å². The Morgan fingerprint density at radius 2 is 1.62 bits per heavy atom. The predicted molar refractivity (Wildman–Crippen MR) is 116 cm³/mol. The maximum atomic E-state index is 11.6. The number of ether oxygens (including phenoxy) is 2. The van der Waals surface area contributed by atoms with Gasteiger partial charge in [0.2, 0.25) is 5.91 Å². The zero-order valence-electron chi connectivity index (χ0n) is 15.6. The van der Waals surface area contributed by atoms with Crippen LogP contribution in [-0.4, -0.2) is 35.5 Å². The lowest BCUT2D eigenvalue weighted by atomic mass is 10.1. The molecule has 2 aromatic carbocycles. The first kappa shape index (κ1) is 22.9. The van der Waals surface area contributed by atoms with E-state index in [2.05, 4.69) is 10.1 Å². The number of nitrogens with two attached hydrogens (primary N) is 1. The summed E-state index contributed by atoms with van der Waals surface area (Å²) in [5.74, 6) is 0.613. The molecule has 0 saturated carbocycles. The monoisotopic (exact) mass is 480 g/mol. The molecule has 2 atom stereocenters. The van der Waals surface area contributed by atoms with Crippen molar-refractivity contribution in [1.82, 2.24) is 5.32 Å². The molecule has 1 unspecified atom stereocenters. The number of carbonyl (C=O) groups is 3. The minimum Gasteiger partial charge on any atom is -0.468 e. The molecule has 1 aliphatic rings. The molecule has 3 N–H and O–H groups in total. The average molecular weight is 481 g/mol. The maximum absolute atomic E-state index is 11.6. The third-order valence-electron chi connectivity index (χ3n) is 4.23. The molecule has 1 saturated heterocycles. The van der Waals surface area contributed by atoms with E-state index in [0.29, 0.717) is 24.3 Å². The van der Waals surface area contributed by atoms with E-state index in [9.17, 15) is 14.4 Å². The summed E-state index contributed by atoms with van der Waals surface area (Å²) in [5, 5.41) is 1.60. The van der Waals surface area contributed by atoms with Gasteiger partial charge in [0.25, 0.3) is 5.24 Å². The van der Waals surface area contributed by atoms with Gasteiger partial charge in [-0.05, 0) is 48.2 Å². The molecule has 29 heavy (non-hydrogen) atoms. The Morgan fingerprint density at radius 3 is 2.10 bits per heavy atom. The molecular weight excluding hydrogens is 460 g/mol. The highest BCUT2D eigenvalue weighted by Gasteiger charge is 2.31. The van der Waals surface area contributed by atoms with Gasteiger partial charge in [0.05, 0.1) is 12.4 Å². The van der Waals surface area contributed by atoms with E-state index in [1.54, 1.807) is 12.1 Å². The van der Waals surface area contributed by atoms with Crippen LogP contribution in [0, 0.1) is 0 Å². The average Bonchev–Trinajstić information content (AvgIpc) is 3.01. The van der Waals surface area contributed by atoms with Crippen LogP contribution in [0.4, 0.5) is 4.79 Å². The van der Waals surface area contributed by atoms with Gasteiger partial charge in [-0.25, -0.2) is 0 Å². The number of esters is 1. The summed E-state index contributed by atoms with van der Waals surface area (Å²) in [5.41, 5.74) is 7.61. The molecule has 0 aromatic heterocycles. The van der Waals surface area contributed by atoms with Crippen LogP contribution >= 0.6 is 28.7 Å². The molecule has 154 valence electrons. The highest BCUT2D eigenvalue weighted by atomic mass is 79.9. The smallest absolute Gasteiger partial charge is 0.322 e. The van der Waals surface area contributed by atoms with Crippen molar-refractivity contribution in [3.8, 4) is 11.5 Å². The van der Waals surface area contributed by atoms with Gasteiger partial charge in [-0.2, -0.15) is 0 Å². The lowest BCUT2D eigenvalue weighted by Gasteiger charge is -2.11. The summed E-state index contributed by atoms with van der Waals surface area (Å²) >= 11 is 1.02. The fourth-order valence-electron chi connectivity index (χ4n) is 2.75. The molecular formula is C20H21BrN2O5S. The quantitative estimate of drug-likeness (QED) is 0.586. The number of hydrogen-bond acceptors (Lipinski definition) is 7. The SMILES string of the molecule is Br.COC(=O)[C@@H](N)Cc1ccc(Oc2ccc(CC3SC(=O)NC3=O)cc2)cc1. The van der Waals surface area contributed by atoms with E-state index in [1.807, 2.05) is 36.4 Å². The van der Waals surface area contributed by atoms with Gasteiger partial charge in [-0.3, -0.25) is 19.7 Å². The van der Waals surface area contributed by atoms with Gasteiger partial charge in [-0.15, -0.1) is 17.0 Å². The summed E-state index contributed by atoms with van der Waals surface area (Å²) < 4.78 is 10.4. The van der Waals surface area contributed by atoms with Crippen LogP contribution in [0.2, 0.25) is 0 Å². The fraction of sp³-hybridized carbons (Fsp3) is 0.250. The van der Waals surface area contributed by atoms with Crippen molar-refractivity contribution < 1.29 is 23.9 Å².